The number of ether oxygens (including phenoxy) is 1. The smallest absolute Gasteiger partial charge is 0.306 e. The number of rotatable bonds is 7. The van der Waals surface area contributed by atoms with Gasteiger partial charge in [0.05, 0.1) is 13.0 Å². The van der Waals surface area contributed by atoms with Crippen LogP contribution in [0.25, 0.3) is 0 Å². The quantitative estimate of drug-likeness (QED) is 0.719. The van der Waals surface area contributed by atoms with Crippen molar-refractivity contribution in [2.24, 2.45) is 0 Å². The Kier molecular flexibility index (Phi) is 6.70. The molecule has 0 heterocycles. The molecule has 0 aliphatic carbocycles. The standard InChI is InChI=1S/C14H16BrFO3/c1-2-19-14(18)6-5-13(17)4-3-10-7-11(15)9-12(16)8-10/h7-9H,2-6H2,1H3. The second-order valence-electron chi connectivity index (χ2n) is 4.12. The van der Waals surface area contributed by atoms with E-state index in [1.54, 1.807) is 13.0 Å². The van der Waals surface area contributed by atoms with Gasteiger partial charge in [-0.1, -0.05) is 15.9 Å². The van der Waals surface area contributed by atoms with Gasteiger partial charge in [-0.15, -0.1) is 0 Å². The van der Waals surface area contributed by atoms with E-state index < -0.39 is 0 Å². The van der Waals surface area contributed by atoms with Crippen LogP contribution < -0.4 is 0 Å². The highest BCUT2D eigenvalue weighted by molar-refractivity contribution is 9.10. The molecular formula is C14H16BrFO3. The number of hydrogen-bond acceptors (Lipinski definition) is 3. The fourth-order valence-corrected chi connectivity index (χ4v) is 2.15. The molecule has 0 fully saturated rings. The lowest BCUT2D eigenvalue weighted by Gasteiger charge is -2.03. The topological polar surface area (TPSA) is 43.4 Å². The molecule has 0 aliphatic heterocycles. The summed E-state index contributed by atoms with van der Waals surface area (Å²) in [6.07, 6.45) is 1.06. The van der Waals surface area contributed by atoms with Gasteiger partial charge in [0.1, 0.15) is 11.6 Å². The molecule has 0 spiro atoms. The predicted octanol–water partition coefficient (Wildman–Crippen LogP) is 3.43. The third-order valence-corrected chi connectivity index (χ3v) is 2.99. The van der Waals surface area contributed by atoms with Crippen LogP contribution in [0.15, 0.2) is 22.7 Å². The average molecular weight is 331 g/mol. The molecule has 0 unspecified atom stereocenters. The van der Waals surface area contributed by atoms with E-state index in [4.69, 9.17) is 4.74 Å². The minimum atomic E-state index is -0.357. The summed E-state index contributed by atoms with van der Waals surface area (Å²) in [4.78, 5) is 22.7. The number of Topliss-reactive ketones (excluding diaryl/α,β-unsaturated/α-hetero) is 1. The second kappa shape index (κ2) is 8.04. The fraction of sp³-hybridized carbons (Fsp3) is 0.429. The lowest BCUT2D eigenvalue weighted by Crippen LogP contribution is -2.08. The molecule has 0 atom stereocenters. The number of carbonyl (C=O) groups is 2. The average Bonchev–Trinajstić information content (AvgIpc) is 2.33. The van der Waals surface area contributed by atoms with Gasteiger partial charge in [-0.2, -0.15) is 0 Å². The molecule has 0 saturated heterocycles. The molecule has 3 nitrogen and oxygen atoms in total. The molecule has 1 rings (SSSR count). The van der Waals surface area contributed by atoms with Gasteiger partial charge in [0, 0.05) is 17.3 Å². The summed E-state index contributed by atoms with van der Waals surface area (Å²) in [5.74, 6) is -0.707. The van der Waals surface area contributed by atoms with Crippen LogP contribution in [-0.4, -0.2) is 18.4 Å². The molecule has 0 saturated carbocycles. The largest absolute Gasteiger partial charge is 0.466 e. The highest BCUT2D eigenvalue weighted by Crippen LogP contribution is 2.16. The summed E-state index contributed by atoms with van der Waals surface area (Å²) in [5, 5.41) is 0. The zero-order valence-corrected chi connectivity index (χ0v) is 12.3. The third-order valence-electron chi connectivity index (χ3n) is 2.53. The molecule has 1 aromatic rings. The van der Waals surface area contributed by atoms with Crippen molar-refractivity contribution in [1.82, 2.24) is 0 Å². The van der Waals surface area contributed by atoms with Crippen molar-refractivity contribution in [3.8, 4) is 0 Å². The molecule has 5 heteroatoms. The second-order valence-corrected chi connectivity index (χ2v) is 5.04. The first kappa shape index (κ1) is 15.8. The van der Waals surface area contributed by atoms with Gasteiger partial charge >= 0.3 is 5.97 Å². The van der Waals surface area contributed by atoms with Crippen LogP contribution in [0.1, 0.15) is 31.7 Å². The first-order chi connectivity index (χ1) is 9.01. The van der Waals surface area contributed by atoms with E-state index in [2.05, 4.69) is 15.9 Å². The molecule has 0 radical (unpaired) electrons. The maximum atomic E-state index is 13.1. The van der Waals surface area contributed by atoms with Crippen molar-refractivity contribution in [2.45, 2.75) is 32.6 Å². The van der Waals surface area contributed by atoms with Crippen LogP contribution in [0.5, 0.6) is 0 Å². The normalized spacial score (nSPS) is 10.3. The van der Waals surface area contributed by atoms with Crippen LogP contribution in [0.3, 0.4) is 0 Å². The Morgan fingerprint density at radius 2 is 1.95 bits per heavy atom. The molecule has 0 amide bonds. The number of aryl methyl sites for hydroxylation is 1. The lowest BCUT2D eigenvalue weighted by atomic mass is 10.1. The maximum absolute atomic E-state index is 13.1. The summed E-state index contributed by atoms with van der Waals surface area (Å²) in [7, 11) is 0. The summed E-state index contributed by atoms with van der Waals surface area (Å²) in [6, 6.07) is 4.55. The zero-order valence-electron chi connectivity index (χ0n) is 10.7. The van der Waals surface area contributed by atoms with Crippen molar-refractivity contribution in [3.05, 3.63) is 34.1 Å². The van der Waals surface area contributed by atoms with Crippen molar-refractivity contribution in [1.29, 1.82) is 0 Å². The molecule has 0 aromatic heterocycles. The van der Waals surface area contributed by atoms with Crippen LogP contribution in [0, 0.1) is 5.82 Å². The Morgan fingerprint density at radius 3 is 2.58 bits per heavy atom. The molecular weight excluding hydrogens is 315 g/mol. The van der Waals surface area contributed by atoms with E-state index in [1.165, 1.54) is 12.1 Å². The van der Waals surface area contributed by atoms with Crippen molar-refractivity contribution >= 4 is 27.7 Å². The van der Waals surface area contributed by atoms with Crippen molar-refractivity contribution in [3.63, 3.8) is 0 Å². The third kappa shape index (κ3) is 6.47. The van der Waals surface area contributed by atoms with E-state index >= 15 is 0 Å². The number of hydrogen-bond donors (Lipinski definition) is 0. The van der Waals surface area contributed by atoms with Crippen molar-refractivity contribution in [2.75, 3.05) is 6.61 Å². The first-order valence-electron chi connectivity index (χ1n) is 6.13. The van der Waals surface area contributed by atoms with Gasteiger partial charge in [-0.25, -0.2) is 4.39 Å². The van der Waals surface area contributed by atoms with Crippen LogP contribution >= 0.6 is 15.9 Å². The van der Waals surface area contributed by atoms with Gasteiger partial charge in [-0.05, 0) is 37.1 Å². The Labute approximate surface area is 120 Å². The highest BCUT2D eigenvalue weighted by atomic mass is 79.9. The highest BCUT2D eigenvalue weighted by Gasteiger charge is 2.08. The van der Waals surface area contributed by atoms with Gasteiger partial charge < -0.3 is 4.74 Å². The summed E-state index contributed by atoms with van der Waals surface area (Å²) >= 11 is 3.20. The lowest BCUT2D eigenvalue weighted by molar-refractivity contribution is -0.144. The van der Waals surface area contributed by atoms with Crippen LogP contribution in [0.4, 0.5) is 4.39 Å². The van der Waals surface area contributed by atoms with E-state index in [0.717, 1.165) is 5.56 Å². The van der Waals surface area contributed by atoms with Gasteiger partial charge in [-0.3, -0.25) is 9.59 Å². The Hall–Kier alpha value is -1.23. The number of esters is 1. The van der Waals surface area contributed by atoms with E-state index in [1.807, 2.05) is 0 Å². The molecule has 104 valence electrons. The van der Waals surface area contributed by atoms with E-state index in [0.29, 0.717) is 23.9 Å². The van der Waals surface area contributed by atoms with E-state index in [-0.39, 0.29) is 30.4 Å². The summed E-state index contributed by atoms with van der Waals surface area (Å²) < 4.78 is 18.5. The minimum absolute atomic E-state index is 0.0200. The Balaban J connectivity index is 2.35. The number of benzene rings is 1. The summed E-state index contributed by atoms with van der Waals surface area (Å²) in [6.45, 7) is 2.05. The van der Waals surface area contributed by atoms with Crippen molar-refractivity contribution < 1.29 is 18.7 Å². The van der Waals surface area contributed by atoms with E-state index in [9.17, 15) is 14.0 Å². The van der Waals surface area contributed by atoms with Gasteiger partial charge in [0.15, 0.2) is 0 Å². The zero-order chi connectivity index (χ0) is 14.3. The molecule has 0 aliphatic rings. The SMILES string of the molecule is CCOC(=O)CCC(=O)CCc1cc(F)cc(Br)c1. The maximum Gasteiger partial charge on any atom is 0.306 e. The van der Waals surface area contributed by atoms with Gasteiger partial charge in [0.2, 0.25) is 0 Å². The summed E-state index contributed by atoms with van der Waals surface area (Å²) in [5.41, 5.74) is 0.761. The first-order valence-corrected chi connectivity index (χ1v) is 6.93. The molecule has 19 heavy (non-hydrogen) atoms. The Morgan fingerprint density at radius 1 is 1.21 bits per heavy atom. The minimum Gasteiger partial charge on any atom is -0.466 e. The molecule has 0 bridgehead atoms. The van der Waals surface area contributed by atoms with Crippen LogP contribution in [0.2, 0.25) is 0 Å². The fourth-order valence-electron chi connectivity index (χ4n) is 1.64. The number of carbonyl (C=O) groups excluding carboxylic acids is 2. The Bertz CT molecular complexity index is 440. The number of halogens is 2. The van der Waals surface area contributed by atoms with Gasteiger partial charge in [0.25, 0.3) is 0 Å². The molecule has 1 aromatic carbocycles. The number of ketones is 1. The van der Waals surface area contributed by atoms with Crippen LogP contribution in [-0.2, 0) is 20.7 Å². The predicted molar refractivity (Wildman–Crippen MR) is 73.3 cm³/mol. The molecule has 0 N–H and O–H groups in total. The monoisotopic (exact) mass is 330 g/mol.